The monoisotopic (exact) mass is 262 g/mol. The second kappa shape index (κ2) is 4.78. The molecule has 94 valence electrons. The van der Waals surface area contributed by atoms with Crippen molar-refractivity contribution in [3.8, 4) is 5.75 Å². The normalized spacial score (nSPS) is 10.4. The summed E-state index contributed by atoms with van der Waals surface area (Å²) in [5, 5.41) is 13.2. The van der Waals surface area contributed by atoms with Crippen molar-refractivity contribution in [2.75, 3.05) is 5.32 Å². The number of aromatic hydroxyl groups is 1. The highest BCUT2D eigenvalue weighted by atomic mass is 32.1. The van der Waals surface area contributed by atoms with E-state index in [0.717, 1.165) is 10.7 Å². The van der Waals surface area contributed by atoms with Gasteiger partial charge in [-0.25, -0.2) is 4.98 Å². The highest BCUT2D eigenvalue weighted by Crippen LogP contribution is 2.25. The minimum Gasteiger partial charge on any atom is -0.508 e. The number of amides is 1. The van der Waals surface area contributed by atoms with Gasteiger partial charge >= 0.3 is 0 Å². The van der Waals surface area contributed by atoms with Crippen molar-refractivity contribution in [3.63, 3.8) is 0 Å². The molecule has 0 aliphatic rings. The number of phenols is 1. The van der Waals surface area contributed by atoms with E-state index in [9.17, 15) is 9.90 Å². The minimum absolute atomic E-state index is 0.171. The molecule has 0 atom stereocenters. The lowest BCUT2D eigenvalue weighted by Gasteiger charge is -2.08. The van der Waals surface area contributed by atoms with Crippen LogP contribution in [0.4, 0.5) is 5.69 Å². The van der Waals surface area contributed by atoms with Crippen LogP contribution in [0, 0.1) is 20.8 Å². The third kappa shape index (κ3) is 2.36. The van der Waals surface area contributed by atoms with E-state index in [1.54, 1.807) is 25.1 Å². The largest absolute Gasteiger partial charge is 0.508 e. The SMILES string of the molecule is Cc1nc(C)c(C(=O)Nc2cccc(O)c2C)s1. The van der Waals surface area contributed by atoms with E-state index in [4.69, 9.17) is 0 Å². The number of nitrogens with zero attached hydrogens (tertiary/aromatic N) is 1. The molecule has 0 aliphatic carbocycles. The fourth-order valence-corrected chi connectivity index (χ4v) is 2.49. The first kappa shape index (κ1) is 12.6. The van der Waals surface area contributed by atoms with E-state index in [2.05, 4.69) is 10.3 Å². The second-order valence-electron chi connectivity index (χ2n) is 4.05. The summed E-state index contributed by atoms with van der Waals surface area (Å²) in [5.74, 6) is -0.0168. The van der Waals surface area contributed by atoms with Crippen LogP contribution in [0.5, 0.6) is 5.75 Å². The van der Waals surface area contributed by atoms with Crippen molar-refractivity contribution in [3.05, 3.63) is 39.3 Å². The number of aryl methyl sites for hydroxylation is 2. The van der Waals surface area contributed by atoms with Crippen LogP contribution in [-0.2, 0) is 0 Å². The minimum atomic E-state index is -0.188. The Labute approximate surface area is 109 Å². The number of rotatable bonds is 2. The quantitative estimate of drug-likeness (QED) is 0.874. The van der Waals surface area contributed by atoms with E-state index in [1.165, 1.54) is 11.3 Å². The highest BCUT2D eigenvalue weighted by molar-refractivity contribution is 7.13. The number of phenolic OH excluding ortho intramolecular Hbond substituents is 1. The van der Waals surface area contributed by atoms with Gasteiger partial charge < -0.3 is 10.4 Å². The molecule has 1 heterocycles. The first-order chi connectivity index (χ1) is 8.49. The second-order valence-corrected chi connectivity index (χ2v) is 5.25. The Morgan fingerprint density at radius 1 is 1.33 bits per heavy atom. The van der Waals surface area contributed by atoms with Gasteiger partial charge in [0.15, 0.2) is 0 Å². The number of hydrogen-bond acceptors (Lipinski definition) is 4. The van der Waals surface area contributed by atoms with E-state index in [0.29, 0.717) is 16.1 Å². The first-order valence-corrected chi connectivity index (χ1v) is 6.34. The fourth-order valence-electron chi connectivity index (χ4n) is 1.68. The molecule has 2 N–H and O–H groups in total. The average Bonchev–Trinajstić information content (AvgIpc) is 2.64. The number of nitrogens with one attached hydrogen (secondary N) is 1. The van der Waals surface area contributed by atoms with Gasteiger partial charge in [-0.1, -0.05) is 6.07 Å². The Balaban J connectivity index is 2.27. The van der Waals surface area contributed by atoms with Crippen LogP contribution in [0.15, 0.2) is 18.2 Å². The summed E-state index contributed by atoms with van der Waals surface area (Å²) < 4.78 is 0. The molecule has 0 radical (unpaired) electrons. The molecule has 0 saturated carbocycles. The molecule has 2 aromatic rings. The molecular weight excluding hydrogens is 248 g/mol. The summed E-state index contributed by atoms with van der Waals surface area (Å²) in [4.78, 5) is 16.9. The Hall–Kier alpha value is -1.88. The summed E-state index contributed by atoms with van der Waals surface area (Å²) in [6, 6.07) is 5.05. The fraction of sp³-hybridized carbons (Fsp3) is 0.231. The predicted octanol–water partition coefficient (Wildman–Crippen LogP) is 3.03. The van der Waals surface area contributed by atoms with Crippen molar-refractivity contribution in [1.29, 1.82) is 0 Å². The molecule has 0 unspecified atom stereocenters. The molecule has 1 aromatic heterocycles. The number of carbonyl (C=O) groups is 1. The number of anilines is 1. The van der Waals surface area contributed by atoms with Gasteiger partial charge in [0.1, 0.15) is 10.6 Å². The summed E-state index contributed by atoms with van der Waals surface area (Å²) in [6.07, 6.45) is 0. The van der Waals surface area contributed by atoms with Crippen LogP contribution in [0.3, 0.4) is 0 Å². The molecule has 0 bridgehead atoms. The van der Waals surface area contributed by atoms with Gasteiger partial charge in [0.25, 0.3) is 5.91 Å². The summed E-state index contributed by atoms with van der Waals surface area (Å²) in [7, 11) is 0. The Morgan fingerprint density at radius 3 is 2.67 bits per heavy atom. The molecule has 5 heteroatoms. The van der Waals surface area contributed by atoms with Crippen LogP contribution >= 0.6 is 11.3 Å². The van der Waals surface area contributed by atoms with Crippen molar-refractivity contribution in [2.24, 2.45) is 0 Å². The van der Waals surface area contributed by atoms with Crippen LogP contribution in [0.1, 0.15) is 25.9 Å². The van der Waals surface area contributed by atoms with Gasteiger partial charge in [-0.2, -0.15) is 0 Å². The zero-order chi connectivity index (χ0) is 13.3. The zero-order valence-electron chi connectivity index (χ0n) is 10.4. The molecule has 0 saturated heterocycles. The lowest BCUT2D eigenvalue weighted by Crippen LogP contribution is -2.12. The number of benzene rings is 1. The Morgan fingerprint density at radius 2 is 2.06 bits per heavy atom. The number of thiazole rings is 1. The van der Waals surface area contributed by atoms with Crippen molar-refractivity contribution >= 4 is 22.9 Å². The molecule has 18 heavy (non-hydrogen) atoms. The van der Waals surface area contributed by atoms with Crippen molar-refractivity contribution < 1.29 is 9.90 Å². The topological polar surface area (TPSA) is 62.2 Å². The first-order valence-electron chi connectivity index (χ1n) is 5.53. The molecule has 0 spiro atoms. The van der Waals surface area contributed by atoms with Crippen LogP contribution in [-0.4, -0.2) is 16.0 Å². The third-order valence-corrected chi connectivity index (χ3v) is 3.73. The van der Waals surface area contributed by atoms with Crippen molar-refractivity contribution in [2.45, 2.75) is 20.8 Å². The predicted molar refractivity (Wildman–Crippen MR) is 72.4 cm³/mol. The number of hydrogen-bond donors (Lipinski definition) is 2. The van der Waals surface area contributed by atoms with Gasteiger partial charge in [0, 0.05) is 11.3 Å². The number of aromatic nitrogens is 1. The standard InChI is InChI=1S/C13H14N2O2S/c1-7-10(5-4-6-11(7)16)15-13(17)12-8(2)14-9(3)18-12/h4-6,16H,1-3H3,(H,15,17). The summed E-state index contributed by atoms with van der Waals surface area (Å²) >= 11 is 1.37. The molecule has 0 fully saturated rings. The maximum absolute atomic E-state index is 12.1. The lowest BCUT2D eigenvalue weighted by atomic mass is 10.2. The summed E-state index contributed by atoms with van der Waals surface area (Å²) in [5.41, 5.74) is 2.00. The van der Waals surface area contributed by atoms with Gasteiger partial charge in [0.2, 0.25) is 0 Å². The Kier molecular flexibility index (Phi) is 3.34. The van der Waals surface area contributed by atoms with Crippen molar-refractivity contribution in [1.82, 2.24) is 4.98 Å². The molecular formula is C13H14N2O2S. The van der Waals surface area contributed by atoms with Crippen LogP contribution in [0.2, 0.25) is 0 Å². The molecule has 1 aromatic carbocycles. The molecule has 4 nitrogen and oxygen atoms in total. The van der Waals surface area contributed by atoms with E-state index < -0.39 is 0 Å². The number of carbonyl (C=O) groups excluding carboxylic acids is 1. The van der Waals surface area contributed by atoms with Gasteiger partial charge in [0.05, 0.1) is 10.7 Å². The van der Waals surface area contributed by atoms with E-state index in [1.807, 2.05) is 13.8 Å². The maximum atomic E-state index is 12.1. The average molecular weight is 262 g/mol. The maximum Gasteiger partial charge on any atom is 0.267 e. The van der Waals surface area contributed by atoms with Gasteiger partial charge in [-0.15, -0.1) is 11.3 Å². The Bertz CT molecular complexity index is 605. The van der Waals surface area contributed by atoms with E-state index in [-0.39, 0.29) is 11.7 Å². The third-order valence-electron chi connectivity index (χ3n) is 2.66. The van der Waals surface area contributed by atoms with E-state index >= 15 is 0 Å². The van der Waals surface area contributed by atoms with Gasteiger partial charge in [-0.3, -0.25) is 4.79 Å². The zero-order valence-corrected chi connectivity index (χ0v) is 11.3. The smallest absolute Gasteiger partial charge is 0.267 e. The van der Waals surface area contributed by atoms with Gasteiger partial charge in [-0.05, 0) is 32.9 Å². The van der Waals surface area contributed by atoms with Crippen LogP contribution in [0.25, 0.3) is 0 Å². The molecule has 0 aliphatic heterocycles. The highest BCUT2D eigenvalue weighted by Gasteiger charge is 2.15. The van der Waals surface area contributed by atoms with Crippen LogP contribution < -0.4 is 5.32 Å². The molecule has 1 amide bonds. The summed E-state index contributed by atoms with van der Waals surface area (Å²) in [6.45, 7) is 5.44. The molecule has 2 rings (SSSR count). The lowest BCUT2D eigenvalue weighted by molar-refractivity contribution is 0.102.